The van der Waals surface area contributed by atoms with Gasteiger partial charge in [-0.2, -0.15) is 5.10 Å². The van der Waals surface area contributed by atoms with Crippen LogP contribution in [0.1, 0.15) is 24.5 Å². The maximum atomic E-state index is 10.6. The van der Waals surface area contributed by atoms with E-state index in [1.165, 1.54) is 12.8 Å². The Morgan fingerprint density at radius 3 is 2.71 bits per heavy atom. The molecule has 3 rings (SSSR count). The van der Waals surface area contributed by atoms with Crippen molar-refractivity contribution in [2.24, 2.45) is 0 Å². The first kappa shape index (κ1) is 10.1. The molecule has 1 N–H and O–H groups in total. The predicted molar refractivity (Wildman–Crippen MR) is 65.2 cm³/mol. The fraction of sp³-hybridized carbons (Fsp3) is 0.231. The van der Waals surface area contributed by atoms with Gasteiger partial charge in [0.15, 0.2) is 0 Å². The molecule has 1 heterocycles. The summed E-state index contributed by atoms with van der Waals surface area (Å²) in [6.45, 7) is 0. The highest BCUT2D eigenvalue weighted by Crippen LogP contribution is 2.40. The fourth-order valence-electron chi connectivity index (χ4n) is 1.91. The van der Waals surface area contributed by atoms with Crippen LogP contribution in [0.3, 0.4) is 0 Å². The lowest BCUT2D eigenvalue weighted by atomic mass is 10.3. The molecule has 4 nitrogen and oxygen atoms in total. The number of aromatic nitrogens is 2. The average molecular weight is 227 g/mol. The van der Waals surface area contributed by atoms with Crippen molar-refractivity contribution in [3.63, 3.8) is 0 Å². The number of nitrogens with zero attached hydrogens (tertiary/aromatic N) is 2. The van der Waals surface area contributed by atoms with Crippen LogP contribution in [0.5, 0.6) is 0 Å². The summed E-state index contributed by atoms with van der Waals surface area (Å²) in [4.78, 5) is 10.6. The quantitative estimate of drug-likeness (QED) is 0.815. The van der Waals surface area contributed by atoms with Gasteiger partial charge in [0.1, 0.15) is 5.82 Å². The van der Waals surface area contributed by atoms with E-state index in [9.17, 15) is 4.79 Å². The summed E-state index contributed by atoms with van der Waals surface area (Å²) in [7, 11) is 0. The molecule has 1 aliphatic carbocycles. The van der Waals surface area contributed by atoms with Crippen molar-refractivity contribution in [3.8, 4) is 5.69 Å². The minimum atomic E-state index is 0.576. The Bertz CT molecular complexity index is 529. The summed E-state index contributed by atoms with van der Waals surface area (Å²) in [6, 6.07) is 11.8. The Kier molecular flexibility index (Phi) is 2.40. The lowest BCUT2D eigenvalue weighted by Gasteiger charge is -2.04. The first-order chi connectivity index (χ1) is 8.38. The molecule has 2 aromatic rings. The average Bonchev–Trinajstić information content (AvgIpc) is 3.13. The van der Waals surface area contributed by atoms with Gasteiger partial charge in [-0.05, 0) is 25.0 Å². The van der Waals surface area contributed by atoms with Crippen molar-refractivity contribution in [1.82, 2.24) is 9.78 Å². The molecule has 17 heavy (non-hydrogen) atoms. The summed E-state index contributed by atoms with van der Waals surface area (Å²) in [5.74, 6) is 1.31. The van der Waals surface area contributed by atoms with Crippen molar-refractivity contribution in [1.29, 1.82) is 0 Å². The Labute approximate surface area is 99.3 Å². The zero-order valence-corrected chi connectivity index (χ0v) is 9.34. The highest BCUT2D eigenvalue weighted by molar-refractivity contribution is 5.70. The van der Waals surface area contributed by atoms with Gasteiger partial charge in [-0.25, -0.2) is 4.68 Å². The summed E-state index contributed by atoms with van der Waals surface area (Å²) in [6.07, 6.45) is 3.09. The van der Waals surface area contributed by atoms with Crippen LogP contribution in [-0.2, 0) is 4.79 Å². The van der Waals surface area contributed by atoms with Gasteiger partial charge >= 0.3 is 0 Å². The molecule has 0 radical (unpaired) electrons. The van der Waals surface area contributed by atoms with Crippen molar-refractivity contribution < 1.29 is 4.79 Å². The number of hydrogen-bond donors (Lipinski definition) is 1. The zero-order valence-electron chi connectivity index (χ0n) is 9.34. The van der Waals surface area contributed by atoms with E-state index in [0.717, 1.165) is 17.2 Å². The van der Waals surface area contributed by atoms with Gasteiger partial charge in [0.2, 0.25) is 6.41 Å². The normalized spacial score (nSPS) is 14.6. The minimum Gasteiger partial charge on any atom is -0.313 e. The molecule has 0 saturated heterocycles. The van der Waals surface area contributed by atoms with Gasteiger partial charge in [0.05, 0.1) is 11.4 Å². The van der Waals surface area contributed by atoms with Gasteiger partial charge in [-0.1, -0.05) is 18.2 Å². The van der Waals surface area contributed by atoms with E-state index in [2.05, 4.69) is 10.4 Å². The van der Waals surface area contributed by atoms with Crippen molar-refractivity contribution in [3.05, 3.63) is 42.1 Å². The van der Waals surface area contributed by atoms with Crippen LogP contribution in [-0.4, -0.2) is 16.2 Å². The number of rotatable bonds is 4. The summed E-state index contributed by atoms with van der Waals surface area (Å²) < 4.78 is 1.78. The second-order valence-corrected chi connectivity index (χ2v) is 4.24. The molecule has 0 aliphatic heterocycles. The van der Waals surface area contributed by atoms with Gasteiger partial charge in [0, 0.05) is 12.0 Å². The van der Waals surface area contributed by atoms with E-state index in [1.807, 2.05) is 36.4 Å². The van der Waals surface area contributed by atoms with E-state index < -0.39 is 0 Å². The fourth-order valence-corrected chi connectivity index (χ4v) is 1.91. The molecule has 1 amide bonds. The highest BCUT2D eigenvalue weighted by Gasteiger charge is 2.27. The Hall–Kier alpha value is -2.10. The maximum Gasteiger partial charge on any atom is 0.212 e. The molecule has 0 unspecified atom stereocenters. The number of nitrogens with one attached hydrogen (secondary N) is 1. The van der Waals surface area contributed by atoms with E-state index in [4.69, 9.17) is 0 Å². The molecule has 1 aliphatic rings. The first-order valence-electron chi connectivity index (χ1n) is 5.74. The smallest absolute Gasteiger partial charge is 0.212 e. The first-order valence-corrected chi connectivity index (χ1v) is 5.74. The Balaban J connectivity index is 2.04. The van der Waals surface area contributed by atoms with Crippen LogP contribution < -0.4 is 5.32 Å². The molecule has 0 bridgehead atoms. The van der Waals surface area contributed by atoms with E-state index >= 15 is 0 Å². The molecule has 0 atom stereocenters. The molecule has 1 saturated carbocycles. The molecule has 1 fully saturated rings. The number of carbonyl (C=O) groups is 1. The van der Waals surface area contributed by atoms with Gasteiger partial charge < -0.3 is 5.32 Å². The number of anilines is 1. The number of amides is 1. The van der Waals surface area contributed by atoms with Crippen LogP contribution >= 0.6 is 0 Å². The van der Waals surface area contributed by atoms with E-state index in [-0.39, 0.29) is 0 Å². The molecule has 86 valence electrons. The van der Waals surface area contributed by atoms with E-state index in [0.29, 0.717) is 12.3 Å². The van der Waals surface area contributed by atoms with E-state index in [1.54, 1.807) is 4.68 Å². The molecular weight excluding hydrogens is 214 g/mol. The van der Waals surface area contributed by atoms with Crippen molar-refractivity contribution in [2.75, 3.05) is 5.32 Å². The topological polar surface area (TPSA) is 46.9 Å². The maximum absolute atomic E-state index is 10.6. The van der Waals surface area contributed by atoms with Gasteiger partial charge in [-0.15, -0.1) is 0 Å². The third-order valence-electron chi connectivity index (χ3n) is 2.93. The summed E-state index contributed by atoms with van der Waals surface area (Å²) in [5.41, 5.74) is 2.03. The van der Waals surface area contributed by atoms with Crippen LogP contribution in [0.25, 0.3) is 5.69 Å². The Morgan fingerprint density at radius 1 is 1.29 bits per heavy atom. The zero-order chi connectivity index (χ0) is 11.7. The second kappa shape index (κ2) is 4.05. The summed E-state index contributed by atoms with van der Waals surface area (Å²) >= 11 is 0. The SMILES string of the molecule is O=CNc1cc(C2CC2)nn1-c1ccccc1. The molecule has 0 spiro atoms. The Morgan fingerprint density at radius 2 is 2.06 bits per heavy atom. The van der Waals surface area contributed by atoms with Crippen molar-refractivity contribution >= 4 is 12.2 Å². The second-order valence-electron chi connectivity index (χ2n) is 4.24. The van der Waals surface area contributed by atoms with Crippen LogP contribution in [0, 0.1) is 0 Å². The number of para-hydroxylation sites is 1. The molecule has 1 aromatic carbocycles. The largest absolute Gasteiger partial charge is 0.313 e. The van der Waals surface area contributed by atoms with Crippen molar-refractivity contribution in [2.45, 2.75) is 18.8 Å². The van der Waals surface area contributed by atoms with Gasteiger partial charge in [0.25, 0.3) is 0 Å². The third kappa shape index (κ3) is 1.93. The minimum absolute atomic E-state index is 0.576. The highest BCUT2D eigenvalue weighted by atomic mass is 16.1. The monoisotopic (exact) mass is 227 g/mol. The van der Waals surface area contributed by atoms with Crippen LogP contribution in [0.2, 0.25) is 0 Å². The predicted octanol–water partition coefficient (Wildman–Crippen LogP) is 2.32. The number of hydrogen-bond acceptors (Lipinski definition) is 2. The van der Waals surface area contributed by atoms with Gasteiger partial charge in [-0.3, -0.25) is 4.79 Å². The molecular formula is C13H13N3O. The molecule has 4 heteroatoms. The number of benzene rings is 1. The number of carbonyl (C=O) groups excluding carboxylic acids is 1. The summed E-state index contributed by atoms with van der Waals surface area (Å²) in [5, 5.41) is 7.25. The van der Waals surface area contributed by atoms with Crippen LogP contribution in [0.4, 0.5) is 5.82 Å². The lowest BCUT2D eigenvalue weighted by molar-refractivity contribution is -0.105. The third-order valence-corrected chi connectivity index (χ3v) is 2.93. The lowest BCUT2D eigenvalue weighted by Crippen LogP contribution is -2.04. The standard InChI is InChI=1S/C13H13N3O/c17-9-14-13-8-12(10-6-7-10)15-16(13)11-4-2-1-3-5-11/h1-5,8-10H,6-7H2,(H,14,17). The molecule has 1 aromatic heterocycles. The van der Waals surface area contributed by atoms with Crippen LogP contribution in [0.15, 0.2) is 36.4 Å².